The average Bonchev–Trinajstić information content (AvgIpc) is 3.79. The van der Waals surface area contributed by atoms with Crippen LogP contribution in [0.4, 0.5) is 0 Å². The second kappa shape index (κ2) is 18.1. The molecule has 5 atom stereocenters. The molecule has 0 spiro atoms. The zero-order valence-corrected chi connectivity index (χ0v) is 31.2. The fraction of sp³-hybridized carbons (Fsp3) is 0.703. The van der Waals surface area contributed by atoms with Crippen LogP contribution in [-0.4, -0.2) is 86.6 Å². The van der Waals surface area contributed by atoms with Gasteiger partial charge in [0.15, 0.2) is 11.9 Å². The first-order chi connectivity index (χ1) is 23.4. The van der Waals surface area contributed by atoms with Gasteiger partial charge in [0, 0.05) is 69.0 Å². The van der Waals surface area contributed by atoms with E-state index in [-0.39, 0.29) is 65.6 Å². The maximum Gasteiger partial charge on any atom is 0.303 e. The number of rotatable bonds is 18. The van der Waals surface area contributed by atoms with Crippen molar-refractivity contribution in [1.82, 2.24) is 30.1 Å². The summed E-state index contributed by atoms with van der Waals surface area (Å²) in [6.45, 7) is 13.5. The van der Waals surface area contributed by atoms with E-state index in [0.717, 1.165) is 51.6 Å². The minimum absolute atomic E-state index is 0.0206. The van der Waals surface area contributed by atoms with Gasteiger partial charge in [-0.1, -0.05) is 41.0 Å². The standard InChI is InChI=1S/C37H56N6O5S/c1-8-43-17-10-9-12-30(43)32(45)20-28(26-13-14-26)37(47)42(7)31(24(4)5)21-33(48-25(6)44)36-41-29(22-49-36)35(46)40-27(18-23(2)3)19-34-38-15-11-16-39-34/h11,15-16,22-24,26-28,30-31,33H,8-10,12-14,17-21H2,1-7H3,(H,40,46)/t27-,28+,30-,31-,33-/m1/s1. The Morgan fingerprint density at radius 1 is 1.06 bits per heavy atom. The number of aromatic nitrogens is 3. The van der Waals surface area contributed by atoms with Crippen LogP contribution in [0.1, 0.15) is 120 Å². The Labute approximate surface area is 296 Å². The highest BCUT2D eigenvalue weighted by atomic mass is 32.1. The first-order valence-electron chi connectivity index (χ1n) is 18.1. The second-order valence-corrected chi connectivity index (χ2v) is 15.5. The Balaban J connectivity index is 1.47. The van der Waals surface area contributed by atoms with Gasteiger partial charge in [-0.3, -0.25) is 24.1 Å². The maximum absolute atomic E-state index is 14.2. The Morgan fingerprint density at radius 3 is 2.39 bits per heavy atom. The molecule has 49 heavy (non-hydrogen) atoms. The quantitative estimate of drug-likeness (QED) is 0.196. The smallest absolute Gasteiger partial charge is 0.303 e. The number of nitrogens with one attached hydrogen (secondary N) is 1. The molecule has 0 aromatic carbocycles. The maximum atomic E-state index is 14.2. The second-order valence-electron chi connectivity index (χ2n) is 14.6. The highest BCUT2D eigenvalue weighted by molar-refractivity contribution is 7.09. The number of carbonyl (C=O) groups is 4. The fourth-order valence-electron chi connectivity index (χ4n) is 7.18. The summed E-state index contributed by atoms with van der Waals surface area (Å²) in [7, 11) is 1.81. The van der Waals surface area contributed by atoms with E-state index in [4.69, 9.17) is 4.74 Å². The molecule has 4 rings (SSSR count). The molecule has 0 radical (unpaired) electrons. The number of likely N-dealkylation sites (N-methyl/N-ethyl adjacent to an activating group) is 1. The van der Waals surface area contributed by atoms with E-state index >= 15 is 0 Å². The van der Waals surface area contributed by atoms with E-state index in [1.165, 1.54) is 18.3 Å². The minimum atomic E-state index is -0.739. The van der Waals surface area contributed by atoms with Gasteiger partial charge in [-0.25, -0.2) is 15.0 Å². The minimum Gasteiger partial charge on any atom is -0.455 e. The lowest BCUT2D eigenvalue weighted by Gasteiger charge is -2.37. The number of likely N-dealkylation sites (tertiary alicyclic amines) is 1. The Morgan fingerprint density at radius 2 is 1.78 bits per heavy atom. The summed E-state index contributed by atoms with van der Waals surface area (Å²) in [4.78, 5) is 70.8. The first kappa shape index (κ1) is 38.6. The molecule has 1 saturated carbocycles. The predicted molar refractivity (Wildman–Crippen MR) is 190 cm³/mol. The Hall–Kier alpha value is -3.25. The molecule has 1 N–H and O–H groups in total. The molecule has 2 aliphatic rings. The molecule has 2 fully saturated rings. The van der Waals surface area contributed by atoms with Gasteiger partial charge < -0.3 is 15.0 Å². The molecule has 12 heteroatoms. The molecule has 11 nitrogen and oxygen atoms in total. The van der Waals surface area contributed by atoms with Crippen LogP contribution >= 0.6 is 11.3 Å². The number of thiazole rings is 1. The molecule has 1 saturated heterocycles. The lowest BCUT2D eigenvalue weighted by atomic mass is 9.88. The summed E-state index contributed by atoms with van der Waals surface area (Å²) in [6, 6.07) is 1.20. The molecule has 1 aliphatic heterocycles. The number of hydrogen-bond donors (Lipinski definition) is 1. The summed E-state index contributed by atoms with van der Waals surface area (Å²) in [6.07, 6.45) is 9.43. The van der Waals surface area contributed by atoms with Crippen LogP contribution in [0.25, 0.3) is 0 Å². The topological polar surface area (TPSA) is 135 Å². The number of Topliss-reactive ketones (excluding diaryl/α,β-unsaturated/α-hetero) is 1. The number of ketones is 1. The molecular weight excluding hydrogens is 641 g/mol. The van der Waals surface area contributed by atoms with Crippen LogP contribution in [0.15, 0.2) is 23.8 Å². The fourth-order valence-corrected chi connectivity index (χ4v) is 8.02. The zero-order chi connectivity index (χ0) is 35.7. The van der Waals surface area contributed by atoms with Gasteiger partial charge in [0.2, 0.25) is 5.91 Å². The van der Waals surface area contributed by atoms with Crippen LogP contribution in [0.2, 0.25) is 0 Å². The van der Waals surface area contributed by atoms with E-state index in [9.17, 15) is 19.2 Å². The van der Waals surface area contributed by atoms with Crippen molar-refractivity contribution in [1.29, 1.82) is 0 Å². The lowest BCUT2D eigenvalue weighted by Crippen LogP contribution is -2.48. The van der Waals surface area contributed by atoms with Crippen LogP contribution < -0.4 is 5.32 Å². The Kier molecular flexibility index (Phi) is 14.3. The molecule has 2 aromatic heterocycles. The van der Waals surface area contributed by atoms with Gasteiger partial charge >= 0.3 is 5.97 Å². The molecular formula is C37H56N6O5S. The summed E-state index contributed by atoms with van der Waals surface area (Å²) in [5.41, 5.74) is 0.251. The largest absolute Gasteiger partial charge is 0.455 e. The van der Waals surface area contributed by atoms with E-state index in [1.54, 1.807) is 28.7 Å². The van der Waals surface area contributed by atoms with Crippen LogP contribution in [-0.2, 0) is 25.5 Å². The van der Waals surface area contributed by atoms with Crippen LogP contribution in [0.3, 0.4) is 0 Å². The molecule has 270 valence electrons. The van der Waals surface area contributed by atoms with Crippen molar-refractivity contribution in [2.45, 2.75) is 124 Å². The molecule has 2 amide bonds. The van der Waals surface area contributed by atoms with Crippen molar-refractivity contribution < 1.29 is 23.9 Å². The molecule has 0 unspecified atom stereocenters. The van der Waals surface area contributed by atoms with Crippen LogP contribution in [0, 0.1) is 23.7 Å². The van der Waals surface area contributed by atoms with E-state index in [0.29, 0.717) is 29.6 Å². The van der Waals surface area contributed by atoms with Crippen molar-refractivity contribution in [2.75, 3.05) is 20.1 Å². The number of nitrogens with zero attached hydrogens (tertiary/aromatic N) is 5. The average molecular weight is 697 g/mol. The van der Waals surface area contributed by atoms with Gasteiger partial charge in [-0.15, -0.1) is 11.3 Å². The number of esters is 1. The van der Waals surface area contributed by atoms with Crippen molar-refractivity contribution in [3.8, 4) is 0 Å². The monoisotopic (exact) mass is 696 g/mol. The molecule has 3 heterocycles. The summed E-state index contributed by atoms with van der Waals surface area (Å²) in [5.74, 6) is 0.308. The highest BCUT2D eigenvalue weighted by Gasteiger charge is 2.42. The zero-order valence-electron chi connectivity index (χ0n) is 30.4. The summed E-state index contributed by atoms with van der Waals surface area (Å²) < 4.78 is 5.80. The number of carbonyl (C=O) groups excluding carboxylic acids is 4. The van der Waals surface area contributed by atoms with E-state index < -0.39 is 12.1 Å². The van der Waals surface area contributed by atoms with Gasteiger partial charge in [-0.2, -0.15) is 0 Å². The summed E-state index contributed by atoms with van der Waals surface area (Å²) >= 11 is 1.27. The van der Waals surface area contributed by atoms with Gasteiger partial charge in [0.25, 0.3) is 5.91 Å². The SMILES string of the molecule is CCN1CCCC[C@@H]1C(=O)C[C@H](C(=O)N(C)[C@H](C[C@@H](OC(C)=O)c1nc(C(=O)N[C@@H](Cc2ncccn2)CC(C)C)cs1)C(C)C)C1CC1. The number of piperidine rings is 1. The third kappa shape index (κ3) is 11.1. The molecule has 1 aliphatic carbocycles. The van der Waals surface area contributed by atoms with Gasteiger partial charge in [0.05, 0.1) is 6.04 Å². The van der Waals surface area contributed by atoms with Crippen molar-refractivity contribution in [2.24, 2.45) is 23.7 Å². The van der Waals surface area contributed by atoms with Crippen molar-refractivity contribution in [3.05, 3.63) is 40.4 Å². The lowest BCUT2D eigenvalue weighted by molar-refractivity contribution is -0.149. The molecule has 0 bridgehead atoms. The molecule has 2 aromatic rings. The van der Waals surface area contributed by atoms with E-state index in [2.05, 4.69) is 45.9 Å². The van der Waals surface area contributed by atoms with Crippen molar-refractivity contribution >= 4 is 34.9 Å². The van der Waals surface area contributed by atoms with Crippen LogP contribution in [0.5, 0.6) is 0 Å². The van der Waals surface area contributed by atoms with Gasteiger partial charge in [0.1, 0.15) is 16.5 Å². The number of amides is 2. The number of hydrogen-bond acceptors (Lipinski definition) is 10. The normalized spacial score (nSPS) is 19.2. The predicted octanol–water partition coefficient (Wildman–Crippen LogP) is 5.66. The van der Waals surface area contributed by atoms with E-state index in [1.807, 2.05) is 20.9 Å². The highest BCUT2D eigenvalue weighted by Crippen LogP contribution is 2.41. The number of ether oxygens (including phenoxy) is 1. The Bertz CT molecular complexity index is 1400. The van der Waals surface area contributed by atoms with Gasteiger partial charge in [-0.05, 0) is 69.0 Å². The summed E-state index contributed by atoms with van der Waals surface area (Å²) in [5, 5.41) is 5.30. The third-order valence-corrected chi connectivity index (χ3v) is 10.8. The third-order valence-electron chi connectivity index (χ3n) is 9.87. The van der Waals surface area contributed by atoms with Crippen molar-refractivity contribution in [3.63, 3.8) is 0 Å². The first-order valence-corrected chi connectivity index (χ1v) is 19.0.